The Morgan fingerprint density at radius 2 is 2.06 bits per heavy atom. The van der Waals surface area contributed by atoms with Crippen molar-refractivity contribution in [1.82, 2.24) is 4.90 Å². The average molecular weight is 255 g/mol. The SMILES string of the molecule is COC(=O)[C@@H]1CC(C=O)=CN1C(=O)OC(C)(C)C. The minimum absolute atomic E-state index is 0.148. The summed E-state index contributed by atoms with van der Waals surface area (Å²) in [6, 6.07) is -0.829. The molecule has 0 N–H and O–H groups in total. The molecule has 1 aliphatic rings. The van der Waals surface area contributed by atoms with E-state index in [2.05, 4.69) is 4.74 Å². The topological polar surface area (TPSA) is 72.9 Å². The van der Waals surface area contributed by atoms with E-state index >= 15 is 0 Å². The minimum atomic E-state index is -0.829. The Kier molecular flexibility index (Phi) is 4.11. The van der Waals surface area contributed by atoms with Crippen LogP contribution in [-0.4, -0.2) is 42.0 Å². The number of ether oxygens (including phenoxy) is 2. The molecule has 1 aliphatic heterocycles. The normalized spacial score (nSPS) is 19.2. The van der Waals surface area contributed by atoms with Gasteiger partial charge in [0.1, 0.15) is 17.9 Å². The number of nitrogens with zero attached hydrogens (tertiary/aromatic N) is 1. The van der Waals surface area contributed by atoms with Gasteiger partial charge in [-0.05, 0) is 20.8 Å². The van der Waals surface area contributed by atoms with E-state index < -0.39 is 23.7 Å². The van der Waals surface area contributed by atoms with E-state index in [9.17, 15) is 14.4 Å². The molecule has 0 aromatic rings. The van der Waals surface area contributed by atoms with Crippen LogP contribution in [0.4, 0.5) is 4.79 Å². The maximum absolute atomic E-state index is 11.9. The van der Waals surface area contributed by atoms with Crippen molar-refractivity contribution in [3.8, 4) is 0 Å². The van der Waals surface area contributed by atoms with Crippen LogP contribution in [0, 0.1) is 0 Å². The Balaban J connectivity index is 2.87. The second-order valence-electron chi connectivity index (χ2n) is 4.95. The summed E-state index contributed by atoms with van der Waals surface area (Å²) in [6.45, 7) is 5.16. The van der Waals surface area contributed by atoms with Gasteiger partial charge in [-0.2, -0.15) is 0 Å². The van der Waals surface area contributed by atoms with E-state index in [0.717, 1.165) is 4.90 Å². The first-order chi connectivity index (χ1) is 8.28. The maximum atomic E-state index is 11.9. The van der Waals surface area contributed by atoms with Crippen molar-refractivity contribution >= 4 is 18.3 Å². The third kappa shape index (κ3) is 3.32. The summed E-state index contributed by atoms with van der Waals surface area (Å²) in [4.78, 5) is 35.2. The fraction of sp³-hybridized carbons (Fsp3) is 0.583. The number of hydrogen-bond acceptors (Lipinski definition) is 5. The molecule has 1 atom stereocenters. The Hall–Kier alpha value is -1.85. The zero-order valence-corrected chi connectivity index (χ0v) is 10.9. The largest absolute Gasteiger partial charge is 0.467 e. The molecule has 0 fully saturated rings. The predicted octanol–water partition coefficient (Wildman–Crippen LogP) is 1.25. The first-order valence-electron chi connectivity index (χ1n) is 5.53. The number of carbonyl (C=O) groups excluding carboxylic acids is 3. The highest BCUT2D eigenvalue weighted by atomic mass is 16.6. The molecular formula is C12H17NO5. The summed E-state index contributed by atoms with van der Waals surface area (Å²) in [7, 11) is 1.23. The summed E-state index contributed by atoms with van der Waals surface area (Å²) in [5.74, 6) is -0.575. The van der Waals surface area contributed by atoms with Crippen LogP contribution in [-0.2, 0) is 19.1 Å². The van der Waals surface area contributed by atoms with Gasteiger partial charge in [0.25, 0.3) is 0 Å². The molecule has 0 unspecified atom stereocenters. The number of hydrogen-bond donors (Lipinski definition) is 0. The van der Waals surface area contributed by atoms with Gasteiger partial charge in [-0.3, -0.25) is 9.69 Å². The predicted molar refractivity (Wildman–Crippen MR) is 62.6 cm³/mol. The van der Waals surface area contributed by atoms with E-state index in [4.69, 9.17) is 4.74 Å². The lowest BCUT2D eigenvalue weighted by Crippen LogP contribution is -2.42. The zero-order valence-electron chi connectivity index (χ0n) is 10.9. The molecule has 0 saturated carbocycles. The van der Waals surface area contributed by atoms with Crippen molar-refractivity contribution in [3.63, 3.8) is 0 Å². The van der Waals surface area contributed by atoms with Crippen molar-refractivity contribution in [1.29, 1.82) is 0 Å². The Morgan fingerprint density at radius 3 is 2.50 bits per heavy atom. The van der Waals surface area contributed by atoms with Crippen LogP contribution in [0.3, 0.4) is 0 Å². The molecule has 18 heavy (non-hydrogen) atoms. The van der Waals surface area contributed by atoms with Gasteiger partial charge in [0.15, 0.2) is 0 Å². The quantitative estimate of drug-likeness (QED) is 0.548. The van der Waals surface area contributed by atoms with Crippen molar-refractivity contribution < 1.29 is 23.9 Å². The fourth-order valence-electron chi connectivity index (χ4n) is 1.55. The first kappa shape index (κ1) is 14.2. The summed E-state index contributed by atoms with van der Waals surface area (Å²) >= 11 is 0. The van der Waals surface area contributed by atoms with Crippen LogP contribution >= 0.6 is 0 Å². The van der Waals surface area contributed by atoms with Gasteiger partial charge >= 0.3 is 12.1 Å². The van der Waals surface area contributed by atoms with E-state index in [1.54, 1.807) is 20.8 Å². The second-order valence-corrected chi connectivity index (χ2v) is 4.95. The standard InChI is InChI=1S/C12H17NO5/c1-12(2,3)18-11(16)13-6-8(7-14)5-9(13)10(15)17-4/h6-7,9H,5H2,1-4H3/t9-/m0/s1. The fourth-order valence-corrected chi connectivity index (χ4v) is 1.55. The van der Waals surface area contributed by atoms with Crippen LogP contribution in [0.15, 0.2) is 11.8 Å². The van der Waals surface area contributed by atoms with Crippen molar-refractivity contribution in [2.45, 2.75) is 38.8 Å². The lowest BCUT2D eigenvalue weighted by atomic mass is 10.1. The number of rotatable bonds is 2. The molecule has 0 spiro atoms. The van der Waals surface area contributed by atoms with Gasteiger partial charge in [0.05, 0.1) is 7.11 Å². The molecule has 0 bridgehead atoms. The van der Waals surface area contributed by atoms with Crippen LogP contribution in [0.2, 0.25) is 0 Å². The van der Waals surface area contributed by atoms with Crippen molar-refractivity contribution in [2.24, 2.45) is 0 Å². The average Bonchev–Trinajstić information content (AvgIpc) is 2.69. The molecule has 0 aromatic carbocycles. The number of carbonyl (C=O) groups is 3. The van der Waals surface area contributed by atoms with Crippen LogP contribution < -0.4 is 0 Å². The third-order valence-electron chi connectivity index (χ3n) is 2.30. The van der Waals surface area contributed by atoms with Crippen molar-refractivity contribution in [3.05, 3.63) is 11.8 Å². The maximum Gasteiger partial charge on any atom is 0.415 e. The zero-order chi connectivity index (χ0) is 13.9. The van der Waals surface area contributed by atoms with E-state index in [1.807, 2.05) is 0 Å². The Morgan fingerprint density at radius 1 is 1.44 bits per heavy atom. The number of methoxy groups -OCH3 is 1. The molecule has 0 saturated heterocycles. The molecule has 6 heteroatoms. The van der Waals surface area contributed by atoms with Crippen LogP contribution in [0.1, 0.15) is 27.2 Å². The van der Waals surface area contributed by atoms with Gasteiger partial charge in [-0.15, -0.1) is 0 Å². The molecule has 100 valence electrons. The van der Waals surface area contributed by atoms with Gasteiger partial charge < -0.3 is 9.47 Å². The highest BCUT2D eigenvalue weighted by Crippen LogP contribution is 2.23. The second kappa shape index (κ2) is 5.20. The van der Waals surface area contributed by atoms with Crippen molar-refractivity contribution in [2.75, 3.05) is 7.11 Å². The number of amides is 1. The Labute approximate surface area is 106 Å². The van der Waals surface area contributed by atoms with E-state index in [0.29, 0.717) is 11.9 Å². The molecule has 0 aliphatic carbocycles. The summed E-state index contributed by atoms with van der Waals surface area (Å²) < 4.78 is 9.76. The lowest BCUT2D eigenvalue weighted by Gasteiger charge is -2.26. The third-order valence-corrected chi connectivity index (χ3v) is 2.30. The molecule has 1 heterocycles. The molecule has 1 rings (SSSR count). The van der Waals surface area contributed by atoms with Gasteiger partial charge in [0.2, 0.25) is 0 Å². The van der Waals surface area contributed by atoms with E-state index in [-0.39, 0.29) is 6.42 Å². The molecule has 0 aromatic heterocycles. The molecular weight excluding hydrogens is 238 g/mol. The summed E-state index contributed by atoms with van der Waals surface area (Å²) in [5.41, 5.74) is -0.313. The number of esters is 1. The van der Waals surface area contributed by atoms with Gasteiger partial charge in [-0.1, -0.05) is 0 Å². The highest BCUT2D eigenvalue weighted by molar-refractivity contribution is 5.87. The lowest BCUT2D eigenvalue weighted by molar-refractivity contribution is -0.145. The van der Waals surface area contributed by atoms with Gasteiger partial charge in [0, 0.05) is 18.2 Å². The monoisotopic (exact) mass is 255 g/mol. The molecule has 6 nitrogen and oxygen atoms in total. The molecule has 1 amide bonds. The van der Waals surface area contributed by atoms with Crippen LogP contribution in [0.25, 0.3) is 0 Å². The smallest absolute Gasteiger partial charge is 0.415 e. The highest BCUT2D eigenvalue weighted by Gasteiger charge is 2.37. The van der Waals surface area contributed by atoms with Gasteiger partial charge in [-0.25, -0.2) is 9.59 Å². The first-order valence-corrected chi connectivity index (χ1v) is 5.53. The van der Waals surface area contributed by atoms with E-state index in [1.165, 1.54) is 13.3 Å². The number of aldehydes is 1. The minimum Gasteiger partial charge on any atom is -0.467 e. The molecule has 0 radical (unpaired) electrons. The Bertz CT molecular complexity index is 394. The summed E-state index contributed by atoms with van der Waals surface area (Å²) in [5, 5.41) is 0. The summed E-state index contributed by atoms with van der Waals surface area (Å²) in [6.07, 6.45) is 1.41. The van der Waals surface area contributed by atoms with Crippen LogP contribution in [0.5, 0.6) is 0 Å².